The van der Waals surface area contributed by atoms with Crippen molar-refractivity contribution < 1.29 is 4.79 Å². The summed E-state index contributed by atoms with van der Waals surface area (Å²) >= 11 is 2.28. The molecule has 0 atom stereocenters. The summed E-state index contributed by atoms with van der Waals surface area (Å²) in [5, 5.41) is 0. The molecule has 0 spiro atoms. The van der Waals surface area contributed by atoms with Crippen LogP contribution in [-0.2, 0) is 6.54 Å². The summed E-state index contributed by atoms with van der Waals surface area (Å²) in [4.78, 5) is 15.0. The fourth-order valence-electron chi connectivity index (χ4n) is 2.50. The van der Waals surface area contributed by atoms with Gasteiger partial charge in [-0.05, 0) is 59.5 Å². The summed E-state index contributed by atoms with van der Waals surface area (Å²) in [5.74, 6) is 0.162. The maximum absolute atomic E-state index is 12.9. The second-order valence-corrected chi connectivity index (χ2v) is 6.67. The molecular formula is C18H18INO. The standard InChI is InChI=1S/C18H18INO/c1-13-6-5-9-16(17(13)19)18(21)20(15-10-11-15)12-14-7-3-2-4-8-14/h2-9,15H,10-12H2,1H3. The Morgan fingerprint density at radius 2 is 1.86 bits per heavy atom. The van der Waals surface area contributed by atoms with Crippen LogP contribution in [0.15, 0.2) is 48.5 Å². The number of nitrogens with zero attached hydrogens (tertiary/aromatic N) is 1. The van der Waals surface area contributed by atoms with Crippen LogP contribution in [0.1, 0.15) is 34.3 Å². The minimum absolute atomic E-state index is 0.162. The van der Waals surface area contributed by atoms with Crippen LogP contribution >= 0.6 is 22.6 Å². The van der Waals surface area contributed by atoms with E-state index in [4.69, 9.17) is 0 Å². The normalized spacial score (nSPS) is 14.0. The number of benzene rings is 2. The second kappa shape index (κ2) is 6.18. The monoisotopic (exact) mass is 391 g/mol. The van der Waals surface area contributed by atoms with Crippen molar-refractivity contribution in [3.8, 4) is 0 Å². The Bertz CT molecular complexity index is 650. The first-order valence-electron chi connectivity index (χ1n) is 7.27. The predicted molar refractivity (Wildman–Crippen MR) is 93.2 cm³/mol. The zero-order valence-electron chi connectivity index (χ0n) is 12.1. The lowest BCUT2D eigenvalue weighted by Crippen LogP contribution is -2.33. The Labute approximate surface area is 139 Å². The quantitative estimate of drug-likeness (QED) is 0.708. The molecule has 0 heterocycles. The Balaban J connectivity index is 1.87. The number of aryl methyl sites for hydroxylation is 1. The topological polar surface area (TPSA) is 20.3 Å². The molecule has 1 saturated carbocycles. The lowest BCUT2D eigenvalue weighted by atomic mass is 10.1. The van der Waals surface area contributed by atoms with Crippen LogP contribution in [0.5, 0.6) is 0 Å². The van der Waals surface area contributed by atoms with Crippen LogP contribution in [0, 0.1) is 10.5 Å². The van der Waals surface area contributed by atoms with Gasteiger partial charge in [-0.15, -0.1) is 0 Å². The van der Waals surface area contributed by atoms with E-state index in [1.54, 1.807) is 0 Å². The molecule has 0 aliphatic heterocycles. The SMILES string of the molecule is Cc1cccc(C(=O)N(Cc2ccccc2)C2CC2)c1I. The van der Waals surface area contributed by atoms with Gasteiger partial charge in [0.05, 0.1) is 5.56 Å². The van der Waals surface area contributed by atoms with Crippen molar-refractivity contribution in [1.29, 1.82) is 0 Å². The Morgan fingerprint density at radius 1 is 1.14 bits per heavy atom. The third-order valence-corrected chi connectivity index (χ3v) is 5.30. The average molecular weight is 391 g/mol. The van der Waals surface area contributed by atoms with E-state index in [9.17, 15) is 4.79 Å². The number of hydrogen-bond acceptors (Lipinski definition) is 1. The summed E-state index contributed by atoms with van der Waals surface area (Å²) in [5.41, 5.74) is 3.19. The van der Waals surface area contributed by atoms with Crippen molar-refractivity contribution in [2.75, 3.05) is 0 Å². The number of carbonyl (C=O) groups excluding carboxylic acids is 1. The van der Waals surface area contributed by atoms with Gasteiger partial charge in [-0.25, -0.2) is 0 Å². The number of amides is 1. The van der Waals surface area contributed by atoms with E-state index in [1.807, 2.05) is 35.2 Å². The fraction of sp³-hybridized carbons (Fsp3) is 0.278. The molecule has 21 heavy (non-hydrogen) atoms. The molecule has 3 heteroatoms. The number of hydrogen-bond donors (Lipinski definition) is 0. The molecule has 1 amide bonds. The second-order valence-electron chi connectivity index (χ2n) is 5.59. The van der Waals surface area contributed by atoms with Crippen molar-refractivity contribution >= 4 is 28.5 Å². The van der Waals surface area contributed by atoms with Crippen LogP contribution < -0.4 is 0 Å². The highest BCUT2D eigenvalue weighted by Crippen LogP contribution is 2.31. The zero-order valence-corrected chi connectivity index (χ0v) is 14.2. The zero-order chi connectivity index (χ0) is 14.8. The number of halogens is 1. The predicted octanol–water partition coefficient (Wildman–Crippen LogP) is 4.40. The Morgan fingerprint density at radius 3 is 2.52 bits per heavy atom. The van der Waals surface area contributed by atoms with Gasteiger partial charge in [0.2, 0.25) is 0 Å². The van der Waals surface area contributed by atoms with Crippen LogP contribution in [0.3, 0.4) is 0 Å². The molecule has 108 valence electrons. The van der Waals surface area contributed by atoms with Gasteiger partial charge in [0.15, 0.2) is 0 Å². The molecule has 1 fully saturated rings. The van der Waals surface area contributed by atoms with E-state index in [0.717, 1.165) is 27.5 Å². The fourth-order valence-corrected chi connectivity index (χ4v) is 3.09. The van der Waals surface area contributed by atoms with E-state index in [-0.39, 0.29) is 5.91 Å². The first-order chi connectivity index (χ1) is 10.2. The highest BCUT2D eigenvalue weighted by Gasteiger charge is 2.33. The third-order valence-electron chi connectivity index (χ3n) is 3.87. The van der Waals surface area contributed by atoms with Gasteiger partial charge in [0.1, 0.15) is 0 Å². The maximum atomic E-state index is 12.9. The van der Waals surface area contributed by atoms with Gasteiger partial charge >= 0.3 is 0 Å². The average Bonchev–Trinajstić information content (AvgIpc) is 3.33. The number of rotatable bonds is 4. The van der Waals surface area contributed by atoms with E-state index in [0.29, 0.717) is 12.6 Å². The largest absolute Gasteiger partial charge is 0.331 e. The van der Waals surface area contributed by atoms with Gasteiger partial charge < -0.3 is 4.90 Å². The van der Waals surface area contributed by atoms with Crippen LogP contribution in [0.25, 0.3) is 0 Å². The summed E-state index contributed by atoms with van der Waals surface area (Å²) in [6.45, 7) is 2.76. The van der Waals surface area contributed by atoms with E-state index in [1.165, 1.54) is 5.56 Å². The molecule has 0 aromatic heterocycles. The smallest absolute Gasteiger partial charge is 0.255 e. The third kappa shape index (κ3) is 3.28. The summed E-state index contributed by atoms with van der Waals surface area (Å²) < 4.78 is 1.07. The van der Waals surface area contributed by atoms with Crippen LogP contribution in [0.4, 0.5) is 0 Å². The Kier molecular flexibility index (Phi) is 4.29. The molecule has 0 unspecified atom stereocenters. The molecule has 0 radical (unpaired) electrons. The van der Waals surface area contributed by atoms with E-state index < -0.39 is 0 Å². The summed E-state index contributed by atoms with van der Waals surface area (Å²) in [6.07, 6.45) is 2.25. The first-order valence-corrected chi connectivity index (χ1v) is 8.34. The van der Waals surface area contributed by atoms with Crippen molar-refractivity contribution in [2.24, 2.45) is 0 Å². The number of carbonyl (C=O) groups is 1. The molecule has 0 saturated heterocycles. The van der Waals surface area contributed by atoms with Gasteiger partial charge in [-0.2, -0.15) is 0 Å². The van der Waals surface area contributed by atoms with Crippen molar-refractivity contribution in [3.63, 3.8) is 0 Å². The first kappa shape index (κ1) is 14.6. The van der Waals surface area contributed by atoms with Gasteiger partial charge in [-0.1, -0.05) is 42.5 Å². The van der Waals surface area contributed by atoms with E-state index in [2.05, 4.69) is 47.7 Å². The molecule has 0 bridgehead atoms. The molecular weight excluding hydrogens is 373 g/mol. The minimum Gasteiger partial charge on any atom is -0.331 e. The highest BCUT2D eigenvalue weighted by atomic mass is 127. The van der Waals surface area contributed by atoms with Crippen LogP contribution in [-0.4, -0.2) is 16.8 Å². The van der Waals surface area contributed by atoms with Crippen molar-refractivity contribution in [1.82, 2.24) is 4.90 Å². The molecule has 1 aliphatic rings. The molecule has 3 rings (SSSR count). The summed E-state index contributed by atoms with van der Waals surface area (Å²) in [6, 6.07) is 16.6. The van der Waals surface area contributed by atoms with Crippen molar-refractivity contribution in [2.45, 2.75) is 32.4 Å². The molecule has 0 N–H and O–H groups in total. The van der Waals surface area contributed by atoms with Gasteiger partial charge in [0, 0.05) is 16.2 Å². The summed E-state index contributed by atoms with van der Waals surface area (Å²) in [7, 11) is 0. The van der Waals surface area contributed by atoms with Gasteiger partial charge in [0.25, 0.3) is 5.91 Å². The molecule has 2 nitrogen and oxygen atoms in total. The lowest BCUT2D eigenvalue weighted by Gasteiger charge is -2.23. The van der Waals surface area contributed by atoms with Gasteiger partial charge in [-0.3, -0.25) is 4.79 Å². The van der Waals surface area contributed by atoms with E-state index >= 15 is 0 Å². The molecule has 2 aromatic carbocycles. The molecule has 1 aliphatic carbocycles. The lowest BCUT2D eigenvalue weighted by molar-refractivity contribution is 0.0728. The Hall–Kier alpha value is -1.36. The van der Waals surface area contributed by atoms with Crippen LogP contribution in [0.2, 0.25) is 0 Å². The molecule has 2 aromatic rings. The maximum Gasteiger partial charge on any atom is 0.255 e. The minimum atomic E-state index is 0.162. The highest BCUT2D eigenvalue weighted by molar-refractivity contribution is 14.1. The van der Waals surface area contributed by atoms with Crippen molar-refractivity contribution in [3.05, 3.63) is 68.8 Å².